The van der Waals surface area contributed by atoms with Crippen LogP contribution in [0.1, 0.15) is 83.1 Å². The standard InChI is InChI=1S/6C5H8O2.6ClH.3Ti/c6*1-4(6)3-5(2)7;;;;;;;;;/h6*3,6H,1-2H3;6*1H;;;/q;;;;;;;;;;;;;;+4/p-6/b2*4-3+;4*4-3-;;;;;;;;;. The predicted octanol–water partition coefficient (Wildman–Crippen LogP) is 10.4. The summed E-state index contributed by atoms with van der Waals surface area (Å²) in [6.45, 7) is 17.1. The van der Waals surface area contributed by atoms with Crippen LogP contribution in [0.25, 0.3) is 0 Å². The molecule has 0 aliphatic carbocycles. The van der Waals surface area contributed by atoms with Crippen LogP contribution >= 0.6 is 55.8 Å². The third-order valence-corrected chi connectivity index (χ3v) is 2.47. The fourth-order valence-electron chi connectivity index (χ4n) is 1.76. The average molecular weight is 957 g/mol. The van der Waals surface area contributed by atoms with Crippen LogP contribution in [0.5, 0.6) is 0 Å². The second kappa shape index (κ2) is 36.1. The molecule has 0 radical (unpaired) electrons. The normalized spacial score (nSPS) is 12.6. The van der Waals surface area contributed by atoms with Crippen LogP contribution in [0.2, 0.25) is 0 Å². The van der Waals surface area contributed by atoms with Crippen molar-refractivity contribution < 1.29 is 111 Å². The molecular formula is C30H48Cl6O12Ti3-2. The number of halogens is 6. The Morgan fingerprint density at radius 3 is 0.373 bits per heavy atom. The van der Waals surface area contributed by atoms with E-state index in [0.29, 0.717) is 0 Å². The van der Waals surface area contributed by atoms with Crippen molar-refractivity contribution in [2.45, 2.75) is 83.1 Å². The van der Waals surface area contributed by atoms with Gasteiger partial charge in [0.05, 0.1) is 34.6 Å². The van der Waals surface area contributed by atoms with Gasteiger partial charge in [0.2, 0.25) is 0 Å². The van der Waals surface area contributed by atoms with Gasteiger partial charge in [0.15, 0.2) is 34.7 Å². The minimum atomic E-state index is -5.33. The van der Waals surface area contributed by atoms with Gasteiger partial charge in [0, 0.05) is 79.9 Å². The van der Waals surface area contributed by atoms with Gasteiger partial charge in [-0.1, -0.05) is 0 Å². The maximum absolute atomic E-state index is 10.0. The molecule has 0 aliphatic heterocycles. The van der Waals surface area contributed by atoms with E-state index in [1.165, 1.54) is 120 Å². The molecule has 0 rings (SSSR count). The number of carbonyl (C=O) groups is 6. The summed E-state index contributed by atoms with van der Waals surface area (Å²) in [7, 11) is 25.0. The smallest absolute Gasteiger partial charge is 0 e. The number of aliphatic hydroxyl groups excluding tert-OH is 6. The van der Waals surface area contributed by atoms with Crippen LogP contribution in [0.15, 0.2) is 71.0 Å². The number of carbonyl (C=O) groups excluding carboxylic acids is 6. The van der Waals surface area contributed by atoms with Gasteiger partial charge in [-0.25, -0.2) is 0 Å². The molecule has 0 saturated heterocycles. The Balaban J connectivity index is -0.0000000573. The fraction of sp³-hybridized carbons (Fsp3) is 0.400. The Labute approximate surface area is 351 Å². The van der Waals surface area contributed by atoms with E-state index in [1.54, 1.807) is 0 Å². The van der Waals surface area contributed by atoms with Crippen LogP contribution in [0, 0.1) is 0 Å². The van der Waals surface area contributed by atoms with Gasteiger partial charge in [0.25, 0.3) is 0 Å². The predicted molar refractivity (Wildman–Crippen MR) is 198 cm³/mol. The zero-order valence-corrected chi connectivity index (χ0v) is 39.6. The van der Waals surface area contributed by atoms with Gasteiger partial charge < -0.3 is 30.6 Å². The number of allylic oxidation sites excluding steroid dienone is 12. The van der Waals surface area contributed by atoms with Crippen molar-refractivity contribution in [3.05, 3.63) is 71.0 Å². The molecule has 0 atom stereocenters. The first kappa shape index (κ1) is 71.5. The largest absolute Gasteiger partial charge is 0 e. The van der Waals surface area contributed by atoms with Gasteiger partial charge in [-0.3, -0.25) is 28.8 Å². The number of rotatable bonds is 6. The molecular weight excluding hydrogens is 909 g/mol. The van der Waals surface area contributed by atoms with E-state index in [0.717, 1.165) is 0 Å². The molecule has 0 aromatic heterocycles. The van der Waals surface area contributed by atoms with E-state index in [4.69, 9.17) is 86.5 Å². The molecule has 0 heterocycles. The Bertz CT molecular complexity index is 1030. The van der Waals surface area contributed by atoms with Crippen LogP contribution in [0.4, 0.5) is 0 Å². The summed E-state index contributed by atoms with van der Waals surface area (Å²) in [6.07, 6.45) is 7.00. The summed E-state index contributed by atoms with van der Waals surface area (Å²) >= 11 is 0. The second-order valence-electron chi connectivity index (χ2n) is 9.45. The molecule has 0 aliphatic rings. The van der Waals surface area contributed by atoms with Crippen molar-refractivity contribution in [1.29, 1.82) is 0 Å². The molecule has 0 unspecified atom stereocenters. The average Bonchev–Trinajstić information content (AvgIpc) is 2.67. The van der Waals surface area contributed by atoms with E-state index < -0.39 is 7.66 Å². The quantitative estimate of drug-likeness (QED) is 0.0831. The Hall–Kier alpha value is -0.857. The van der Waals surface area contributed by atoms with Gasteiger partial charge in [-0.2, -0.15) is 0 Å². The number of aliphatic hydroxyl groups is 6. The summed E-state index contributed by atoms with van der Waals surface area (Å²) in [5.74, 6) is -0.375. The van der Waals surface area contributed by atoms with Gasteiger partial charge in [0.1, 0.15) is 0 Å². The first-order valence-electron chi connectivity index (χ1n) is 13.2. The van der Waals surface area contributed by atoms with Gasteiger partial charge in [-0.05, 0) is 83.1 Å². The maximum atomic E-state index is 10.0. The van der Waals surface area contributed by atoms with E-state index >= 15 is 0 Å². The van der Waals surface area contributed by atoms with Crippen molar-refractivity contribution >= 4 is 90.5 Å². The van der Waals surface area contributed by atoms with Gasteiger partial charge >= 0.3 is 63.5 Å². The first-order chi connectivity index (χ1) is 21.2. The topological polar surface area (TPSA) is 224 Å². The van der Waals surface area contributed by atoms with E-state index in [2.05, 4.69) is 0 Å². The van der Waals surface area contributed by atoms with Gasteiger partial charge in [-0.15, -0.1) is 0 Å². The molecule has 0 fully saturated rings. The molecule has 51 heavy (non-hydrogen) atoms. The first-order valence-corrected chi connectivity index (χ1v) is 26.1. The maximum Gasteiger partial charge on any atom is 0 e. The minimum absolute atomic E-state index is 0. The van der Waals surface area contributed by atoms with E-state index in [9.17, 15) is 28.8 Å². The Kier molecular flexibility index (Phi) is 50.7. The summed E-state index contributed by atoms with van der Waals surface area (Å²) in [6, 6.07) is 0. The van der Waals surface area contributed by atoms with Crippen molar-refractivity contribution in [1.82, 2.24) is 0 Å². The third-order valence-electron chi connectivity index (χ3n) is 2.47. The van der Waals surface area contributed by atoms with Crippen LogP contribution in [-0.4, -0.2) is 65.3 Å². The molecule has 12 nitrogen and oxygen atoms in total. The summed E-state index contributed by atoms with van der Waals surface area (Å²) in [5.41, 5.74) is 0. The fourth-order valence-corrected chi connectivity index (χ4v) is 1.76. The van der Waals surface area contributed by atoms with Crippen LogP contribution in [-0.2, 0) is 79.9 Å². The third kappa shape index (κ3) is 204. The Morgan fingerprint density at radius 1 is 0.314 bits per heavy atom. The summed E-state index contributed by atoms with van der Waals surface area (Å²) in [4.78, 5) is 60.1. The van der Waals surface area contributed by atoms with Crippen LogP contribution in [0.3, 0.4) is 0 Å². The Morgan fingerprint density at radius 2 is 0.373 bits per heavy atom. The summed E-state index contributed by atoms with van der Waals surface area (Å²) in [5, 5.41) is 50.2. The summed E-state index contributed by atoms with van der Waals surface area (Å²) < 4.78 is 0. The molecule has 6 N–H and O–H groups in total. The molecule has 0 amide bonds. The zero-order valence-electron chi connectivity index (χ0n) is 30.4. The SMILES string of the molecule is CC(=O)/C=C(/C)O.CC(=O)/C=C(/C)O.CC(=O)/C=C(/C)O.CC(=O)/C=C(/C)O.CC(=O)/C=C(\C)O.CC(=O)/C=C(\C)O.[Cl][Ti-2]([Cl])([Cl])([Cl])([Cl])[Cl].[Ti].[Ti]. The van der Waals surface area contributed by atoms with Crippen molar-refractivity contribution in [2.24, 2.45) is 0 Å². The second-order valence-corrected chi connectivity index (χ2v) is 48.1. The molecule has 0 aromatic carbocycles. The molecule has 296 valence electrons. The number of hydrogen-bond donors (Lipinski definition) is 6. The van der Waals surface area contributed by atoms with E-state index in [-0.39, 0.29) is 113 Å². The van der Waals surface area contributed by atoms with Crippen molar-refractivity contribution in [3.8, 4) is 0 Å². The molecule has 0 bridgehead atoms. The minimum Gasteiger partial charge on any atom is 0 e. The van der Waals surface area contributed by atoms with E-state index in [1.807, 2.05) is 0 Å². The monoisotopic (exact) mass is 954 g/mol. The van der Waals surface area contributed by atoms with Crippen molar-refractivity contribution in [3.63, 3.8) is 0 Å². The van der Waals surface area contributed by atoms with Crippen molar-refractivity contribution in [2.75, 3.05) is 0 Å². The zero-order chi connectivity index (χ0) is 41.6. The molecule has 0 saturated carbocycles. The molecule has 0 aromatic rings. The number of ketones is 6. The molecule has 21 heteroatoms. The van der Waals surface area contributed by atoms with Crippen LogP contribution < -0.4 is 0 Å². The molecule has 0 spiro atoms. The number of hydrogen-bond acceptors (Lipinski definition) is 12.